The summed E-state index contributed by atoms with van der Waals surface area (Å²) in [5, 5.41) is 0. The first-order valence-electron chi connectivity index (χ1n) is 10.8. The molecule has 168 valence electrons. The summed E-state index contributed by atoms with van der Waals surface area (Å²) in [6.07, 6.45) is 4.00. The lowest BCUT2D eigenvalue weighted by Crippen LogP contribution is -2.60. The second kappa shape index (κ2) is 8.92. The van der Waals surface area contributed by atoms with E-state index >= 15 is 0 Å². The molecule has 0 spiro atoms. The van der Waals surface area contributed by atoms with Crippen molar-refractivity contribution in [1.29, 1.82) is 0 Å². The van der Waals surface area contributed by atoms with Gasteiger partial charge in [0.15, 0.2) is 0 Å². The molecule has 3 fully saturated rings. The summed E-state index contributed by atoms with van der Waals surface area (Å²) in [6, 6.07) is 6.77. The number of morpholine rings is 1. The van der Waals surface area contributed by atoms with Crippen LogP contribution in [0.4, 0.5) is 0 Å². The zero-order chi connectivity index (χ0) is 20.0. The van der Waals surface area contributed by atoms with E-state index in [0.717, 1.165) is 44.5 Å². The van der Waals surface area contributed by atoms with E-state index in [9.17, 15) is 8.42 Å². The summed E-state index contributed by atoms with van der Waals surface area (Å²) < 4.78 is 41.2. The molecule has 9 heteroatoms. The quantitative estimate of drug-likeness (QED) is 0.695. The van der Waals surface area contributed by atoms with Gasteiger partial charge < -0.3 is 9.47 Å². The fourth-order valence-corrected chi connectivity index (χ4v) is 7.60. The third-order valence-corrected chi connectivity index (χ3v) is 9.28. The van der Waals surface area contributed by atoms with Crippen molar-refractivity contribution in [1.82, 2.24) is 13.5 Å². The lowest BCUT2D eigenvalue weighted by Gasteiger charge is -2.52. The predicted molar refractivity (Wildman–Crippen MR) is 117 cm³/mol. The molecule has 0 saturated carbocycles. The van der Waals surface area contributed by atoms with E-state index in [1.165, 1.54) is 11.1 Å². The number of hydrogen-bond donors (Lipinski definition) is 0. The van der Waals surface area contributed by atoms with Gasteiger partial charge in [0.05, 0.1) is 20.3 Å². The van der Waals surface area contributed by atoms with E-state index in [1.54, 1.807) is 11.4 Å². The Balaban J connectivity index is 0.00000218. The molecule has 0 bridgehead atoms. The molecule has 1 aromatic rings. The molecule has 0 radical (unpaired) electrons. The molecule has 4 aliphatic heterocycles. The fourth-order valence-electron chi connectivity index (χ4n) is 5.73. The van der Waals surface area contributed by atoms with Gasteiger partial charge in [0.1, 0.15) is 5.75 Å². The van der Waals surface area contributed by atoms with E-state index in [-0.39, 0.29) is 18.4 Å². The highest BCUT2D eigenvalue weighted by atomic mass is 35.5. The number of ether oxygens (including phenoxy) is 2. The minimum absolute atomic E-state index is 0. The summed E-state index contributed by atoms with van der Waals surface area (Å²) >= 11 is 0. The molecule has 0 unspecified atom stereocenters. The van der Waals surface area contributed by atoms with E-state index in [0.29, 0.717) is 44.8 Å². The van der Waals surface area contributed by atoms with Gasteiger partial charge >= 0.3 is 0 Å². The predicted octanol–water partition coefficient (Wildman–Crippen LogP) is 2.08. The van der Waals surface area contributed by atoms with Gasteiger partial charge in [-0.1, -0.05) is 6.07 Å². The average molecular weight is 458 g/mol. The van der Waals surface area contributed by atoms with E-state index in [1.807, 2.05) is 10.4 Å². The highest BCUT2D eigenvalue weighted by molar-refractivity contribution is 7.86. The number of nitrogens with zero attached hydrogens (tertiary/aromatic N) is 3. The maximum Gasteiger partial charge on any atom is 0.282 e. The molecule has 0 aliphatic carbocycles. The van der Waals surface area contributed by atoms with Gasteiger partial charge in [0.25, 0.3) is 10.2 Å². The number of hydrogen-bond acceptors (Lipinski definition) is 5. The molecule has 3 saturated heterocycles. The van der Waals surface area contributed by atoms with Crippen molar-refractivity contribution in [2.45, 2.75) is 37.8 Å². The maximum absolute atomic E-state index is 13.5. The monoisotopic (exact) mass is 457 g/mol. The second-order valence-corrected chi connectivity index (χ2v) is 10.5. The molecule has 0 N–H and O–H groups in total. The highest BCUT2D eigenvalue weighted by Crippen LogP contribution is 2.44. The Morgan fingerprint density at radius 1 is 1.13 bits per heavy atom. The minimum Gasteiger partial charge on any atom is -0.497 e. The molecular weight excluding hydrogens is 426 g/mol. The van der Waals surface area contributed by atoms with Gasteiger partial charge in [0, 0.05) is 44.8 Å². The molecule has 4 heterocycles. The summed E-state index contributed by atoms with van der Waals surface area (Å²) in [5.74, 6) is 1.33. The first-order valence-corrected chi connectivity index (χ1v) is 12.2. The van der Waals surface area contributed by atoms with Crippen LogP contribution < -0.4 is 4.74 Å². The van der Waals surface area contributed by atoms with Crippen LogP contribution in [0.1, 0.15) is 36.4 Å². The number of fused-ring (bicyclic) bond motifs is 4. The molecule has 0 aromatic heterocycles. The highest BCUT2D eigenvalue weighted by Gasteiger charge is 2.47. The lowest BCUT2D eigenvalue weighted by atomic mass is 9.77. The van der Waals surface area contributed by atoms with Gasteiger partial charge in [-0.2, -0.15) is 17.0 Å². The van der Waals surface area contributed by atoms with Crippen molar-refractivity contribution in [2.24, 2.45) is 5.92 Å². The molecule has 5 rings (SSSR count). The van der Waals surface area contributed by atoms with E-state index in [4.69, 9.17) is 9.47 Å². The summed E-state index contributed by atoms with van der Waals surface area (Å²) in [4.78, 5) is 2.58. The smallest absolute Gasteiger partial charge is 0.282 e. The van der Waals surface area contributed by atoms with Crippen molar-refractivity contribution in [2.75, 3.05) is 53.0 Å². The number of piperidine rings is 2. The van der Waals surface area contributed by atoms with Crippen molar-refractivity contribution in [3.05, 3.63) is 29.3 Å². The van der Waals surface area contributed by atoms with Crippen molar-refractivity contribution < 1.29 is 17.9 Å². The number of benzene rings is 1. The molecule has 30 heavy (non-hydrogen) atoms. The number of methoxy groups -OCH3 is 1. The number of rotatable bonds is 3. The van der Waals surface area contributed by atoms with Crippen LogP contribution in [0.25, 0.3) is 0 Å². The zero-order valence-corrected chi connectivity index (χ0v) is 19.2. The van der Waals surface area contributed by atoms with Gasteiger partial charge in [0.2, 0.25) is 0 Å². The van der Waals surface area contributed by atoms with Crippen LogP contribution in [0, 0.1) is 5.92 Å². The Hall–Kier alpha value is -0.900. The van der Waals surface area contributed by atoms with E-state index < -0.39 is 10.2 Å². The van der Waals surface area contributed by atoms with Crippen molar-refractivity contribution >= 4 is 22.6 Å². The average Bonchev–Trinajstić information content (AvgIpc) is 2.77. The summed E-state index contributed by atoms with van der Waals surface area (Å²) in [7, 11) is -1.73. The van der Waals surface area contributed by atoms with Gasteiger partial charge in [-0.25, -0.2) is 0 Å². The topological polar surface area (TPSA) is 62.3 Å². The molecule has 0 amide bonds. The van der Waals surface area contributed by atoms with E-state index in [2.05, 4.69) is 17.0 Å². The van der Waals surface area contributed by atoms with Crippen LogP contribution in [0.2, 0.25) is 0 Å². The standard InChI is InChI=1S/C21H31N3O4S.ClH/c1-27-18-4-5-19-16(13-18)6-8-22-15-17-3-2-7-24(20(17)14-21(19)22)29(25,26)23-9-11-28-12-10-23;/h4-5,13,17,20-21H,2-3,6-12,14-15H2,1H3;1H/t17-,20+,21+;/m1./s1. The summed E-state index contributed by atoms with van der Waals surface area (Å²) in [5.41, 5.74) is 2.70. The minimum atomic E-state index is -3.43. The SMILES string of the molecule is COc1ccc2c(c1)CCN1C[C@H]3CCCN(S(=O)(=O)N4CCOCC4)[C@H]3C[C@@H]21.Cl. The molecule has 3 atom stereocenters. The van der Waals surface area contributed by atoms with Crippen molar-refractivity contribution in [3.63, 3.8) is 0 Å². The van der Waals surface area contributed by atoms with Crippen LogP contribution in [0.3, 0.4) is 0 Å². The maximum atomic E-state index is 13.5. The largest absolute Gasteiger partial charge is 0.497 e. The Kier molecular flexibility index (Phi) is 6.63. The fraction of sp³-hybridized carbons (Fsp3) is 0.714. The van der Waals surface area contributed by atoms with Gasteiger partial charge in [-0.3, -0.25) is 4.90 Å². The number of halogens is 1. The third kappa shape index (κ3) is 3.87. The normalized spacial score (nSPS) is 30.5. The van der Waals surface area contributed by atoms with Gasteiger partial charge in [-0.15, -0.1) is 12.4 Å². The zero-order valence-electron chi connectivity index (χ0n) is 17.5. The van der Waals surface area contributed by atoms with Crippen molar-refractivity contribution in [3.8, 4) is 5.75 Å². The summed E-state index contributed by atoms with van der Waals surface area (Å²) in [6.45, 7) is 4.60. The Morgan fingerprint density at radius 3 is 2.70 bits per heavy atom. The van der Waals surface area contributed by atoms with Gasteiger partial charge in [-0.05, 0) is 54.9 Å². The Bertz CT molecular complexity index is 862. The lowest BCUT2D eigenvalue weighted by molar-refractivity contribution is 0.0161. The molecular formula is C21H32ClN3O4S. The third-order valence-electron chi connectivity index (χ3n) is 7.21. The second-order valence-electron chi connectivity index (χ2n) is 8.66. The van der Waals surface area contributed by atoms with Crippen LogP contribution >= 0.6 is 12.4 Å². The van der Waals surface area contributed by atoms with Crippen LogP contribution in [0.5, 0.6) is 5.75 Å². The van der Waals surface area contributed by atoms with Crippen LogP contribution in [-0.2, 0) is 21.4 Å². The molecule has 1 aromatic carbocycles. The Morgan fingerprint density at radius 2 is 1.93 bits per heavy atom. The molecule has 7 nitrogen and oxygen atoms in total. The van der Waals surface area contributed by atoms with Crippen LogP contribution in [0.15, 0.2) is 18.2 Å². The van der Waals surface area contributed by atoms with Crippen LogP contribution in [-0.4, -0.2) is 81.0 Å². The first-order chi connectivity index (χ1) is 14.1. The molecule has 4 aliphatic rings. The first kappa shape index (κ1) is 22.3. The Labute approximate surface area is 185 Å².